The number of rotatable bonds is 1. The fourth-order valence-corrected chi connectivity index (χ4v) is 3.54. The molecule has 2 atom stereocenters. The summed E-state index contributed by atoms with van der Waals surface area (Å²) in [6, 6.07) is 18.0. The highest BCUT2D eigenvalue weighted by Crippen LogP contribution is 2.45. The van der Waals surface area contributed by atoms with Crippen LogP contribution in [0.5, 0.6) is 0 Å². The van der Waals surface area contributed by atoms with Crippen LogP contribution in [0.25, 0.3) is 0 Å². The van der Waals surface area contributed by atoms with Crippen LogP contribution in [-0.4, -0.2) is 16.2 Å². The van der Waals surface area contributed by atoms with Crippen molar-refractivity contribution in [2.75, 3.05) is 5.01 Å². The van der Waals surface area contributed by atoms with Crippen LogP contribution in [0.15, 0.2) is 59.7 Å². The molecule has 0 radical (unpaired) electrons. The van der Waals surface area contributed by atoms with E-state index >= 15 is 0 Å². The van der Waals surface area contributed by atoms with Crippen molar-refractivity contribution in [1.29, 1.82) is 0 Å². The number of anilines is 1. The number of fused-ring (bicyclic) bond motifs is 3. The van der Waals surface area contributed by atoms with Crippen LogP contribution >= 0.6 is 0 Å². The van der Waals surface area contributed by atoms with E-state index in [1.807, 2.05) is 56.3 Å². The average Bonchev–Trinajstić information content (AvgIpc) is 2.91. The largest absolute Gasteiger partial charge is 0.618 e. The Labute approximate surface area is 129 Å². The van der Waals surface area contributed by atoms with Gasteiger partial charge in [0.05, 0.1) is 17.0 Å². The maximum atomic E-state index is 12.6. The van der Waals surface area contributed by atoms with Gasteiger partial charge in [-0.15, -0.1) is 0 Å². The van der Waals surface area contributed by atoms with Crippen LogP contribution in [0, 0.1) is 11.1 Å². The molecule has 0 fully saturated rings. The van der Waals surface area contributed by atoms with Gasteiger partial charge in [-0.25, -0.2) is 0 Å². The van der Waals surface area contributed by atoms with Gasteiger partial charge in [0.1, 0.15) is 12.0 Å². The highest BCUT2D eigenvalue weighted by Gasteiger charge is 2.47. The zero-order chi connectivity index (χ0) is 15.3. The molecule has 2 aliphatic rings. The normalized spacial score (nSPS) is 23.2. The lowest BCUT2D eigenvalue weighted by molar-refractivity contribution is -0.367. The third-order valence-electron chi connectivity index (χ3n) is 4.56. The van der Waals surface area contributed by atoms with Crippen LogP contribution in [0.2, 0.25) is 0 Å². The van der Waals surface area contributed by atoms with E-state index in [9.17, 15) is 5.21 Å². The lowest BCUT2D eigenvalue weighted by Gasteiger charge is -2.31. The molecule has 2 aromatic carbocycles. The topological polar surface area (TPSA) is 41.7 Å². The molecule has 2 aliphatic heterocycles. The Morgan fingerprint density at radius 1 is 1.00 bits per heavy atom. The molecule has 0 amide bonds. The summed E-state index contributed by atoms with van der Waals surface area (Å²) in [6.07, 6.45) is 0. The summed E-state index contributed by atoms with van der Waals surface area (Å²) >= 11 is 0. The molecule has 22 heavy (non-hydrogen) atoms. The molecule has 4 heteroatoms. The van der Waals surface area contributed by atoms with Gasteiger partial charge < -0.3 is 5.21 Å². The number of nitrogens with zero attached hydrogens (tertiary/aromatic N) is 3. The van der Waals surface area contributed by atoms with Gasteiger partial charge in [-0.2, -0.15) is 9.84 Å². The lowest BCUT2D eigenvalue weighted by Crippen LogP contribution is -2.36. The van der Waals surface area contributed by atoms with Gasteiger partial charge in [-0.1, -0.05) is 36.4 Å². The van der Waals surface area contributed by atoms with Gasteiger partial charge >= 0.3 is 0 Å². The van der Waals surface area contributed by atoms with Crippen LogP contribution < -0.4 is 5.01 Å². The quantitative estimate of drug-likeness (QED) is 0.591. The first-order valence-electron chi connectivity index (χ1n) is 7.47. The van der Waals surface area contributed by atoms with Gasteiger partial charge in [0.2, 0.25) is 5.69 Å². The van der Waals surface area contributed by atoms with E-state index in [0.29, 0.717) is 0 Å². The van der Waals surface area contributed by atoms with E-state index in [1.165, 1.54) is 0 Å². The third-order valence-corrected chi connectivity index (χ3v) is 4.56. The molecule has 110 valence electrons. The summed E-state index contributed by atoms with van der Waals surface area (Å²) in [7, 11) is 0. The van der Waals surface area contributed by atoms with Crippen molar-refractivity contribution in [1.82, 2.24) is 0 Å². The van der Waals surface area contributed by atoms with Crippen molar-refractivity contribution in [2.24, 2.45) is 11.0 Å². The number of hydrazone groups is 1. The zero-order valence-corrected chi connectivity index (χ0v) is 12.6. The SMILES string of the molecule is CC1=NN(c2ccccc2)[C@H]2c3ccccc3[N+]([O-])=C(C)[C@H]12. The molecule has 0 aromatic heterocycles. The Kier molecular flexibility index (Phi) is 2.79. The highest BCUT2D eigenvalue weighted by atomic mass is 16.5. The summed E-state index contributed by atoms with van der Waals surface area (Å²) in [5.74, 6) is 0.0348. The first kappa shape index (κ1) is 13.1. The van der Waals surface area contributed by atoms with Gasteiger partial charge in [0.25, 0.3) is 0 Å². The summed E-state index contributed by atoms with van der Waals surface area (Å²) in [5.41, 5.74) is 4.62. The van der Waals surface area contributed by atoms with E-state index < -0.39 is 0 Å². The Hall–Kier alpha value is -2.62. The fraction of sp³-hybridized carbons (Fsp3) is 0.222. The maximum Gasteiger partial charge on any atom is 0.221 e. The Bertz CT molecular complexity index is 795. The van der Waals surface area contributed by atoms with Crippen molar-refractivity contribution in [3.05, 3.63) is 65.4 Å². The van der Waals surface area contributed by atoms with Gasteiger partial charge in [0.15, 0.2) is 5.71 Å². The van der Waals surface area contributed by atoms with Crippen molar-refractivity contribution in [3.63, 3.8) is 0 Å². The number of hydrogen-bond donors (Lipinski definition) is 0. The first-order chi connectivity index (χ1) is 10.7. The van der Waals surface area contributed by atoms with Crippen LogP contribution in [0.3, 0.4) is 0 Å². The molecule has 0 aliphatic carbocycles. The molecule has 2 aromatic rings. The minimum Gasteiger partial charge on any atom is -0.618 e. The standard InChI is InChI=1S/C18H17N3O/c1-12-17-13(2)21(22)16-11-7-6-10-15(16)18(17)20(19-12)14-8-4-3-5-9-14/h3-11,17-18H,1-2H3/t17-,18-/m0/s1. The van der Waals surface area contributed by atoms with Crippen molar-refractivity contribution >= 4 is 22.8 Å². The molecule has 0 unspecified atom stereocenters. The molecule has 0 saturated heterocycles. The predicted octanol–water partition coefficient (Wildman–Crippen LogP) is 3.86. The zero-order valence-electron chi connectivity index (χ0n) is 12.6. The lowest BCUT2D eigenvalue weighted by atomic mass is 9.83. The van der Waals surface area contributed by atoms with Crippen molar-refractivity contribution in [3.8, 4) is 0 Å². The average molecular weight is 291 g/mol. The van der Waals surface area contributed by atoms with Crippen LogP contribution in [0.4, 0.5) is 11.4 Å². The minimum absolute atomic E-state index is 0.0348. The number of benzene rings is 2. The van der Waals surface area contributed by atoms with E-state index in [1.54, 1.807) is 0 Å². The fourth-order valence-electron chi connectivity index (χ4n) is 3.54. The molecular weight excluding hydrogens is 274 g/mol. The van der Waals surface area contributed by atoms with Gasteiger partial charge in [-0.05, 0) is 19.1 Å². The molecule has 4 rings (SSSR count). The van der Waals surface area contributed by atoms with Crippen LogP contribution in [0.1, 0.15) is 25.5 Å². The monoisotopic (exact) mass is 291 g/mol. The third kappa shape index (κ3) is 1.70. The minimum atomic E-state index is 0.0348. The summed E-state index contributed by atoms with van der Waals surface area (Å²) in [5, 5.41) is 19.4. The molecule has 0 saturated carbocycles. The van der Waals surface area contributed by atoms with Crippen molar-refractivity contribution < 1.29 is 4.74 Å². The number of hydrogen-bond acceptors (Lipinski definition) is 3. The molecule has 0 spiro atoms. The van der Waals surface area contributed by atoms with E-state index in [4.69, 9.17) is 5.10 Å². The summed E-state index contributed by atoms with van der Waals surface area (Å²) < 4.78 is 1.06. The Morgan fingerprint density at radius 2 is 1.68 bits per heavy atom. The maximum absolute atomic E-state index is 12.6. The second kappa shape index (κ2) is 4.70. The molecule has 2 heterocycles. The smallest absolute Gasteiger partial charge is 0.221 e. The number of para-hydroxylation sites is 2. The summed E-state index contributed by atoms with van der Waals surface area (Å²) in [4.78, 5) is 0. The van der Waals surface area contributed by atoms with Gasteiger partial charge in [-0.3, -0.25) is 5.01 Å². The van der Waals surface area contributed by atoms with Gasteiger partial charge in [0, 0.05) is 13.0 Å². The van der Waals surface area contributed by atoms with Crippen LogP contribution in [-0.2, 0) is 0 Å². The van der Waals surface area contributed by atoms with E-state index in [0.717, 1.165) is 33.1 Å². The second-order valence-electron chi connectivity index (χ2n) is 5.84. The van der Waals surface area contributed by atoms with Crippen molar-refractivity contribution in [2.45, 2.75) is 19.9 Å². The molecule has 0 N–H and O–H groups in total. The Balaban J connectivity index is 1.92. The molecule has 0 bridgehead atoms. The first-order valence-corrected chi connectivity index (χ1v) is 7.47. The summed E-state index contributed by atoms with van der Waals surface area (Å²) in [6.45, 7) is 3.92. The highest BCUT2D eigenvalue weighted by molar-refractivity contribution is 6.08. The predicted molar refractivity (Wildman–Crippen MR) is 88.7 cm³/mol. The second-order valence-corrected chi connectivity index (χ2v) is 5.84. The Morgan fingerprint density at radius 3 is 2.45 bits per heavy atom. The molecule has 4 nitrogen and oxygen atoms in total. The molecular formula is C18H17N3O. The van der Waals surface area contributed by atoms with E-state index in [-0.39, 0.29) is 12.0 Å². The van der Waals surface area contributed by atoms with E-state index in [2.05, 4.69) is 17.1 Å².